The number of alkyl halides is 1. The van der Waals surface area contributed by atoms with E-state index in [9.17, 15) is 9.90 Å². The molecule has 3 atom stereocenters. The van der Waals surface area contributed by atoms with Gasteiger partial charge >= 0.3 is 0 Å². The van der Waals surface area contributed by atoms with Crippen LogP contribution in [0.4, 0.5) is 0 Å². The molecule has 1 aliphatic carbocycles. The van der Waals surface area contributed by atoms with Crippen molar-refractivity contribution in [3.63, 3.8) is 0 Å². The number of carbonyl (C=O) groups excluding carboxylic acids is 1. The fourth-order valence-electron chi connectivity index (χ4n) is 4.94. The number of Topliss-reactive ketones (excluding diaryl/α,β-unsaturated/α-hetero) is 1. The van der Waals surface area contributed by atoms with Gasteiger partial charge in [-0.05, 0) is 35.4 Å². The maximum absolute atomic E-state index is 13.4. The van der Waals surface area contributed by atoms with E-state index in [1.807, 2.05) is 42.5 Å². The van der Waals surface area contributed by atoms with Crippen LogP contribution in [0.5, 0.6) is 11.5 Å². The number of aliphatic hydroxyl groups is 1. The molecule has 4 nitrogen and oxygen atoms in total. The minimum atomic E-state index is -1.83. The fraction of sp³-hybridized carbons (Fsp3) is 0.240. The topological polar surface area (TPSA) is 55.8 Å². The predicted molar refractivity (Wildman–Crippen MR) is 119 cm³/mol. The summed E-state index contributed by atoms with van der Waals surface area (Å²) in [5.74, 6) is 0.693. The Balaban J connectivity index is 1.72. The van der Waals surface area contributed by atoms with Crippen LogP contribution in [-0.2, 0) is 16.0 Å². The lowest BCUT2D eigenvalue weighted by Crippen LogP contribution is -2.50. The number of ether oxygens (including phenoxy) is 2. The largest absolute Gasteiger partial charge is 0.492 e. The van der Waals surface area contributed by atoms with Crippen molar-refractivity contribution in [1.29, 1.82) is 0 Å². The quantitative estimate of drug-likeness (QED) is 0.538. The highest BCUT2D eigenvalue weighted by molar-refractivity contribution is 6.30. The van der Waals surface area contributed by atoms with Gasteiger partial charge in [-0.2, -0.15) is 0 Å². The summed E-state index contributed by atoms with van der Waals surface area (Å²) in [5, 5.41) is 12.6. The van der Waals surface area contributed by atoms with Crippen molar-refractivity contribution >= 4 is 29.0 Å². The van der Waals surface area contributed by atoms with E-state index < -0.39 is 11.2 Å². The smallest absolute Gasteiger partial charge is 0.196 e. The van der Waals surface area contributed by atoms with Crippen molar-refractivity contribution in [3.05, 3.63) is 94.5 Å². The maximum Gasteiger partial charge on any atom is 0.196 e. The molecule has 3 aromatic rings. The van der Waals surface area contributed by atoms with E-state index in [0.29, 0.717) is 40.1 Å². The first-order valence-corrected chi connectivity index (χ1v) is 11.0. The molecule has 1 heterocycles. The molecule has 0 radical (unpaired) electrons. The van der Waals surface area contributed by atoms with Gasteiger partial charge in [0.15, 0.2) is 17.0 Å². The number of ketones is 1. The lowest BCUT2D eigenvalue weighted by atomic mass is 9.71. The summed E-state index contributed by atoms with van der Waals surface area (Å²) in [6.07, 6.45) is 0.160. The summed E-state index contributed by atoms with van der Waals surface area (Å²) < 4.78 is 12.2. The van der Waals surface area contributed by atoms with Crippen LogP contribution in [0.3, 0.4) is 0 Å². The second kappa shape index (κ2) is 7.56. The third-order valence-corrected chi connectivity index (χ3v) is 6.66. The molecule has 6 heteroatoms. The molecule has 0 unspecified atom stereocenters. The Morgan fingerprint density at radius 1 is 1.06 bits per heavy atom. The van der Waals surface area contributed by atoms with E-state index in [1.165, 1.54) is 0 Å². The second-order valence-corrected chi connectivity index (χ2v) is 8.66. The summed E-state index contributed by atoms with van der Waals surface area (Å²) >= 11 is 11.9. The lowest BCUT2D eigenvalue weighted by Gasteiger charge is -2.39. The summed E-state index contributed by atoms with van der Waals surface area (Å²) in [7, 11) is 0. The van der Waals surface area contributed by atoms with E-state index in [2.05, 4.69) is 0 Å². The number of rotatable bonds is 5. The number of hydrogen-bond acceptors (Lipinski definition) is 4. The van der Waals surface area contributed by atoms with Crippen molar-refractivity contribution in [3.8, 4) is 11.5 Å². The molecule has 0 aromatic heterocycles. The molecular formula is C25H20Cl2O4. The number of fused-ring (bicyclic) bond motifs is 3. The average molecular weight is 455 g/mol. The zero-order valence-corrected chi connectivity index (χ0v) is 18.1. The monoisotopic (exact) mass is 454 g/mol. The number of carbonyl (C=O) groups is 1. The highest BCUT2D eigenvalue weighted by Crippen LogP contribution is 2.65. The molecule has 158 valence electrons. The van der Waals surface area contributed by atoms with Crippen molar-refractivity contribution in [2.24, 2.45) is 0 Å². The van der Waals surface area contributed by atoms with Crippen LogP contribution >= 0.6 is 23.2 Å². The van der Waals surface area contributed by atoms with E-state index >= 15 is 0 Å². The molecule has 2 aliphatic rings. The van der Waals surface area contributed by atoms with Crippen LogP contribution in [0, 0.1) is 0 Å². The Bertz CT molecular complexity index is 1130. The van der Waals surface area contributed by atoms with Gasteiger partial charge in [0.05, 0.1) is 5.88 Å². The van der Waals surface area contributed by atoms with Crippen LogP contribution < -0.4 is 9.47 Å². The zero-order valence-electron chi connectivity index (χ0n) is 16.6. The fourth-order valence-corrected chi connectivity index (χ4v) is 5.14. The first kappa shape index (κ1) is 20.4. The third kappa shape index (κ3) is 2.89. The third-order valence-electron chi connectivity index (χ3n) is 6.26. The van der Waals surface area contributed by atoms with Crippen LogP contribution in [0.25, 0.3) is 0 Å². The number of hydrogen-bond donors (Lipinski definition) is 1. The normalized spacial score (nSPS) is 26.3. The minimum absolute atomic E-state index is 0.160. The molecule has 0 amide bonds. The van der Waals surface area contributed by atoms with Crippen molar-refractivity contribution in [2.75, 3.05) is 12.5 Å². The molecule has 0 spiro atoms. The Hall–Kier alpha value is -2.53. The Kier molecular flexibility index (Phi) is 4.97. The molecule has 1 N–H and O–H groups in total. The first-order chi connectivity index (χ1) is 15.0. The van der Waals surface area contributed by atoms with Gasteiger partial charge in [-0.1, -0.05) is 54.1 Å². The van der Waals surface area contributed by atoms with Gasteiger partial charge in [-0.15, -0.1) is 11.6 Å². The van der Waals surface area contributed by atoms with E-state index in [-0.39, 0.29) is 18.1 Å². The molecular weight excluding hydrogens is 435 g/mol. The van der Waals surface area contributed by atoms with Crippen LogP contribution in [0.2, 0.25) is 5.02 Å². The number of halogens is 2. The van der Waals surface area contributed by atoms with Gasteiger partial charge in [0.25, 0.3) is 0 Å². The number of benzene rings is 3. The van der Waals surface area contributed by atoms with Gasteiger partial charge in [0, 0.05) is 29.0 Å². The molecule has 1 fully saturated rings. The van der Waals surface area contributed by atoms with Crippen LogP contribution in [0.15, 0.2) is 72.8 Å². The van der Waals surface area contributed by atoms with Gasteiger partial charge < -0.3 is 14.6 Å². The molecule has 1 saturated carbocycles. The highest BCUT2D eigenvalue weighted by Gasteiger charge is 2.73. The summed E-state index contributed by atoms with van der Waals surface area (Å²) in [6.45, 7) is 0.346. The summed E-state index contributed by atoms with van der Waals surface area (Å²) in [6, 6.07) is 22.0. The second-order valence-electron chi connectivity index (χ2n) is 7.84. The zero-order chi connectivity index (χ0) is 21.6. The molecule has 31 heavy (non-hydrogen) atoms. The highest BCUT2D eigenvalue weighted by atomic mass is 35.5. The molecule has 3 aromatic carbocycles. The van der Waals surface area contributed by atoms with E-state index in [4.69, 9.17) is 32.7 Å². The van der Waals surface area contributed by atoms with Crippen molar-refractivity contribution in [1.82, 2.24) is 0 Å². The summed E-state index contributed by atoms with van der Waals surface area (Å²) in [4.78, 5) is 13.4. The van der Waals surface area contributed by atoms with Gasteiger partial charge in [0.2, 0.25) is 0 Å². The molecule has 5 rings (SSSR count). The Morgan fingerprint density at radius 2 is 1.81 bits per heavy atom. The van der Waals surface area contributed by atoms with E-state index in [1.54, 1.807) is 30.3 Å². The first-order valence-electron chi connectivity index (χ1n) is 10.1. The Labute approximate surface area is 190 Å². The lowest BCUT2D eigenvalue weighted by molar-refractivity contribution is -0.151. The standard InChI is InChI=1S/C25H20Cl2O4/c26-12-13-30-19-10-11-20-22(14-19)31-25(17-6-8-18(27)9-7-17)21(15-23(28)24(20,25)29)16-4-2-1-3-5-16/h1-11,14,21,29H,12-13,15H2/t21-,24-,25-/m0/s1. The van der Waals surface area contributed by atoms with Gasteiger partial charge in [-0.3, -0.25) is 4.79 Å². The van der Waals surface area contributed by atoms with Crippen molar-refractivity contribution < 1.29 is 19.4 Å². The average Bonchev–Trinajstić information content (AvgIpc) is 3.18. The van der Waals surface area contributed by atoms with E-state index in [0.717, 1.165) is 5.56 Å². The minimum Gasteiger partial charge on any atom is -0.492 e. The van der Waals surface area contributed by atoms with Gasteiger partial charge in [-0.25, -0.2) is 0 Å². The van der Waals surface area contributed by atoms with Crippen LogP contribution in [0.1, 0.15) is 29.0 Å². The SMILES string of the molecule is O=C1C[C@@H](c2ccccc2)[C@]2(c3ccc(Cl)cc3)Oc3cc(OCCCl)ccc3[C@]12O. The molecule has 0 saturated heterocycles. The summed E-state index contributed by atoms with van der Waals surface area (Å²) in [5.41, 5.74) is -1.08. The maximum atomic E-state index is 13.4. The van der Waals surface area contributed by atoms with Crippen LogP contribution in [-0.4, -0.2) is 23.4 Å². The van der Waals surface area contributed by atoms with Gasteiger partial charge in [0.1, 0.15) is 18.1 Å². The molecule has 1 aliphatic heterocycles. The predicted octanol–water partition coefficient (Wildman–Crippen LogP) is 5.19. The van der Waals surface area contributed by atoms with Crippen molar-refractivity contribution in [2.45, 2.75) is 23.5 Å². The Morgan fingerprint density at radius 3 is 2.52 bits per heavy atom. The molecule has 0 bridgehead atoms.